The second kappa shape index (κ2) is 26.3. The molecule has 0 saturated carbocycles. The molecule has 0 spiro atoms. The van der Waals surface area contributed by atoms with Gasteiger partial charge in [-0.05, 0) is 0 Å². The zero-order valence-corrected chi connectivity index (χ0v) is 53.0. The summed E-state index contributed by atoms with van der Waals surface area (Å²) in [5.74, 6) is 0. The van der Waals surface area contributed by atoms with E-state index in [4.69, 9.17) is 0 Å². The van der Waals surface area contributed by atoms with Gasteiger partial charge >= 0.3 is 83.7 Å². The van der Waals surface area contributed by atoms with Crippen LogP contribution in [-0.4, -0.2) is 43.2 Å². The minimum Gasteiger partial charge on any atom is -1.00 e. The van der Waals surface area contributed by atoms with Crippen molar-refractivity contribution < 1.29 is 71.5 Å². The van der Waals surface area contributed by atoms with E-state index in [1.54, 1.807) is 67.4 Å². The van der Waals surface area contributed by atoms with Crippen molar-refractivity contribution in [3.63, 3.8) is 0 Å². The van der Waals surface area contributed by atoms with Gasteiger partial charge in [0.15, 0.2) is 0 Å². The Morgan fingerprint density at radius 2 is 0.468 bits per heavy atom. The maximum Gasteiger partial charge on any atom is -1.00 e. The Morgan fingerprint density at radius 1 is 0.323 bits per heavy atom. The molecular formula is C52H72Cl2Si6Zr2-2. The van der Waals surface area contributed by atoms with Gasteiger partial charge in [-0.25, -0.2) is 0 Å². The van der Waals surface area contributed by atoms with Crippen LogP contribution in [0.2, 0.25) is 105 Å². The molecule has 0 amide bonds. The number of benzene rings is 4. The third kappa shape index (κ3) is 20.2. The Labute approximate surface area is 424 Å². The van der Waals surface area contributed by atoms with Crippen molar-refractivity contribution >= 4 is 107 Å². The van der Waals surface area contributed by atoms with Gasteiger partial charge in [0, 0.05) is 0 Å². The standard InChI is InChI=1S/4C12H15Si.2C2H6Si.2ClH.2Zr/c4*1-13(2,3)12-8-10-6-4-5-7-11(10)9-12;2*1-3-2;;;;/h4*4-9H,1-3H3;2*1-2H3;2*1H;;/q4*-1;;;;;2*+2/p-2. The van der Waals surface area contributed by atoms with E-state index in [1.807, 2.05) is 0 Å². The average molecular weight is 1120 g/mol. The molecule has 8 aromatic rings. The van der Waals surface area contributed by atoms with Crippen LogP contribution in [0.15, 0.2) is 146 Å². The van der Waals surface area contributed by atoms with E-state index in [2.05, 4.69) is 250 Å². The average Bonchev–Trinajstić information content (AvgIpc) is 3.95. The summed E-state index contributed by atoms with van der Waals surface area (Å²) in [6.45, 7) is 37.9. The molecule has 0 bridgehead atoms. The van der Waals surface area contributed by atoms with Gasteiger partial charge in [0.05, 0.1) is 32.3 Å². The van der Waals surface area contributed by atoms with Crippen molar-refractivity contribution in [1.29, 1.82) is 0 Å². The molecule has 0 aliphatic heterocycles. The monoisotopic (exact) mass is 1110 g/mol. The summed E-state index contributed by atoms with van der Waals surface area (Å²) >= 11 is 3.48. The van der Waals surface area contributed by atoms with Crippen molar-refractivity contribution in [3.05, 3.63) is 146 Å². The molecule has 328 valence electrons. The minimum atomic E-state index is -1.12. The van der Waals surface area contributed by atoms with Gasteiger partial charge in [0.25, 0.3) is 0 Å². The predicted octanol–water partition coefficient (Wildman–Crippen LogP) is 7.99. The van der Waals surface area contributed by atoms with E-state index < -0.39 is 32.3 Å². The van der Waals surface area contributed by atoms with Crippen LogP contribution in [0.1, 0.15) is 0 Å². The minimum absolute atomic E-state index is 0. The first-order valence-electron chi connectivity index (χ1n) is 21.4. The molecule has 0 fully saturated rings. The van der Waals surface area contributed by atoms with Crippen LogP contribution in [0.4, 0.5) is 0 Å². The van der Waals surface area contributed by atoms with Crippen molar-refractivity contribution in [3.8, 4) is 0 Å². The van der Waals surface area contributed by atoms with E-state index in [9.17, 15) is 0 Å². The number of rotatable bonds is 4. The molecular weight excluding hydrogens is 1050 g/mol. The first kappa shape index (κ1) is 59.0. The van der Waals surface area contributed by atoms with E-state index in [-0.39, 0.29) is 35.7 Å². The second-order valence-corrected chi connectivity index (χ2v) is 59.5. The smallest absolute Gasteiger partial charge is 1.00 e. The Kier molecular flexibility index (Phi) is 25.1. The van der Waals surface area contributed by atoms with Crippen molar-refractivity contribution in [2.24, 2.45) is 0 Å². The summed E-state index contributed by atoms with van der Waals surface area (Å²) < 4.78 is 0. The molecule has 0 aliphatic carbocycles. The summed E-state index contributed by atoms with van der Waals surface area (Å²) in [6.07, 6.45) is 0. The topological polar surface area (TPSA) is 0 Å². The molecule has 0 unspecified atom stereocenters. The Balaban J connectivity index is 0.000000386. The molecule has 0 aliphatic rings. The van der Waals surface area contributed by atoms with Gasteiger partial charge in [-0.1, -0.05) is 103 Å². The summed E-state index contributed by atoms with van der Waals surface area (Å²) in [6, 6.07) is 53.2. The molecule has 8 aromatic carbocycles. The molecule has 0 radical (unpaired) electrons. The number of hydrogen-bond acceptors (Lipinski definition) is 0. The summed E-state index contributed by atoms with van der Waals surface area (Å²) in [5.41, 5.74) is 0.421. The Morgan fingerprint density at radius 3 is 0.597 bits per heavy atom. The molecule has 10 heteroatoms. The van der Waals surface area contributed by atoms with Crippen molar-refractivity contribution in [2.45, 2.75) is 105 Å². The summed E-state index contributed by atoms with van der Waals surface area (Å²) in [5, 5.41) is 17.4. The fraction of sp³-hybridized carbons (Fsp3) is 0.308. The molecule has 0 atom stereocenters. The first-order chi connectivity index (χ1) is 27.8. The molecule has 0 saturated heterocycles. The van der Waals surface area contributed by atoms with Gasteiger partial charge in [0.2, 0.25) is 0 Å². The third-order valence-electron chi connectivity index (χ3n) is 9.94. The Bertz CT molecular complexity index is 2090. The van der Waals surface area contributed by atoms with E-state index in [0.29, 0.717) is 0 Å². The molecule has 8 rings (SSSR count). The quantitative estimate of drug-likeness (QED) is 0.124. The number of fused-ring (bicyclic) bond motifs is 4. The predicted molar refractivity (Wildman–Crippen MR) is 285 cm³/mol. The van der Waals surface area contributed by atoms with Crippen LogP contribution >= 0.6 is 0 Å². The Hall–Kier alpha value is -1.03. The third-order valence-corrected chi connectivity index (χ3v) is 18.0. The zero-order valence-electron chi connectivity index (χ0n) is 40.6. The molecule has 0 heterocycles. The van der Waals surface area contributed by atoms with Crippen LogP contribution in [0.3, 0.4) is 0 Å². The fourth-order valence-electron chi connectivity index (χ4n) is 6.33. The van der Waals surface area contributed by atoms with Crippen LogP contribution in [0.5, 0.6) is 0 Å². The van der Waals surface area contributed by atoms with Crippen LogP contribution in [-0.2, 0) is 46.7 Å². The number of hydrogen-bond donors (Lipinski definition) is 0. The van der Waals surface area contributed by atoms with Crippen LogP contribution < -0.4 is 45.6 Å². The van der Waals surface area contributed by atoms with E-state index >= 15 is 0 Å². The van der Waals surface area contributed by atoms with Gasteiger partial charge in [-0.15, -0.1) is 139 Å². The first-order valence-corrected chi connectivity index (χ1v) is 47.8. The van der Waals surface area contributed by atoms with E-state index in [1.165, 1.54) is 43.1 Å². The number of halogens is 2. The normalized spacial score (nSPS) is 11.2. The van der Waals surface area contributed by atoms with Gasteiger partial charge in [-0.2, -0.15) is 45.8 Å². The molecule has 62 heavy (non-hydrogen) atoms. The van der Waals surface area contributed by atoms with Gasteiger partial charge < -0.3 is 24.8 Å². The SMILES string of the molecule is C[Si](C)(C)c1cc2ccccc2[cH-]1.C[Si](C)(C)c1cc2ccccc2[cH-]1.C[Si](C)(C)c1cc2ccccc2[cH-]1.C[Si](C)(C)c1cc2ccccc2[cH-]1.C[Si](C)=[Zr+2].C[Si](C)=[Zr+2].[Cl-].[Cl-]. The van der Waals surface area contributed by atoms with Gasteiger partial charge in [0.1, 0.15) is 0 Å². The molecule has 0 N–H and O–H groups in total. The van der Waals surface area contributed by atoms with Gasteiger partial charge in [-0.3, -0.25) is 0 Å². The van der Waals surface area contributed by atoms with Crippen LogP contribution in [0, 0.1) is 0 Å². The van der Waals surface area contributed by atoms with E-state index in [0.717, 1.165) is 0 Å². The molecule has 0 nitrogen and oxygen atoms in total. The largest absolute Gasteiger partial charge is 1.00 e. The fourth-order valence-corrected chi connectivity index (χ4v) is 11.0. The van der Waals surface area contributed by atoms with Crippen LogP contribution in [0.25, 0.3) is 43.1 Å². The van der Waals surface area contributed by atoms with Crippen molar-refractivity contribution in [2.75, 3.05) is 0 Å². The molecule has 0 aromatic heterocycles. The zero-order chi connectivity index (χ0) is 45.1. The summed E-state index contributed by atoms with van der Waals surface area (Å²) in [7, 11) is -4.47. The summed E-state index contributed by atoms with van der Waals surface area (Å²) in [4.78, 5) is 0. The second-order valence-electron chi connectivity index (χ2n) is 20.5. The maximum absolute atomic E-state index is 2.39. The van der Waals surface area contributed by atoms with Crippen molar-refractivity contribution in [1.82, 2.24) is 0 Å². The maximum atomic E-state index is 2.39.